The number of aromatic amines is 1. The third kappa shape index (κ3) is 3.01. The maximum absolute atomic E-state index is 12.5. The third-order valence-corrected chi connectivity index (χ3v) is 4.78. The highest BCUT2D eigenvalue weighted by atomic mass is 79.9. The summed E-state index contributed by atoms with van der Waals surface area (Å²) in [6.07, 6.45) is 0. The highest BCUT2D eigenvalue weighted by Gasteiger charge is 2.14. The number of hydrogen-bond acceptors (Lipinski definition) is 4. The van der Waals surface area contributed by atoms with Crippen molar-refractivity contribution in [3.05, 3.63) is 63.8 Å². The number of nitrogens with one attached hydrogen (secondary N) is 2. The van der Waals surface area contributed by atoms with E-state index in [2.05, 4.69) is 36.4 Å². The van der Waals surface area contributed by atoms with Gasteiger partial charge in [-0.15, -0.1) is 5.10 Å². The lowest BCUT2D eigenvalue weighted by atomic mass is 10.1. The zero-order valence-corrected chi connectivity index (χ0v) is 15.7. The van der Waals surface area contributed by atoms with Gasteiger partial charge < -0.3 is 9.40 Å². The first-order valence-electron chi connectivity index (χ1n) is 8.01. The zero-order chi connectivity index (χ0) is 18.3. The molecule has 0 aliphatic rings. The highest BCUT2D eigenvalue weighted by Crippen LogP contribution is 2.25. The molecule has 130 valence electrons. The minimum absolute atomic E-state index is 0.0621. The van der Waals surface area contributed by atoms with Crippen LogP contribution in [-0.2, 0) is 0 Å². The Morgan fingerprint density at radius 1 is 1.15 bits per heavy atom. The molecule has 0 saturated heterocycles. The number of aryl methyl sites for hydroxylation is 2. The van der Waals surface area contributed by atoms with Crippen LogP contribution in [0.25, 0.3) is 22.4 Å². The number of nitrogens with zero attached hydrogens (tertiary/aromatic N) is 2. The van der Waals surface area contributed by atoms with E-state index in [1.54, 1.807) is 6.07 Å². The number of rotatable bonds is 3. The van der Waals surface area contributed by atoms with E-state index in [4.69, 9.17) is 4.42 Å². The molecule has 2 aromatic carbocycles. The summed E-state index contributed by atoms with van der Waals surface area (Å²) in [6, 6.07) is 13.1. The van der Waals surface area contributed by atoms with Crippen LogP contribution in [0.2, 0.25) is 0 Å². The van der Waals surface area contributed by atoms with Crippen molar-refractivity contribution in [3.8, 4) is 11.5 Å². The lowest BCUT2D eigenvalue weighted by molar-refractivity contribution is 0.102. The summed E-state index contributed by atoms with van der Waals surface area (Å²) in [5, 5.41) is 11.6. The van der Waals surface area contributed by atoms with Crippen molar-refractivity contribution >= 4 is 38.8 Å². The fourth-order valence-corrected chi connectivity index (χ4v) is 3.18. The van der Waals surface area contributed by atoms with Crippen LogP contribution in [0.15, 0.2) is 51.4 Å². The normalized spacial score (nSPS) is 11.0. The van der Waals surface area contributed by atoms with E-state index in [1.807, 2.05) is 50.2 Å². The monoisotopic (exact) mass is 410 g/mol. The summed E-state index contributed by atoms with van der Waals surface area (Å²) in [7, 11) is 0. The molecule has 0 fully saturated rings. The molecule has 0 radical (unpaired) electrons. The summed E-state index contributed by atoms with van der Waals surface area (Å²) in [6.45, 7) is 4.04. The molecule has 2 heterocycles. The van der Waals surface area contributed by atoms with Crippen molar-refractivity contribution in [2.24, 2.45) is 0 Å². The molecule has 0 bridgehead atoms. The molecule has 1 amide bonds. The highest BCUT2D eigenvalue weighted by molar-refractivity contribution is 9.10. The van der Waals surface area contributed by atoms with Crippen molar-refractivity contribution < 1.29 is 9.21 Å². The number of halogens is 1. The molecule has 0 aliphatic heterocycles. The summed E-state index contributed by atoms with van der Waals surface area (Å²) in [5.74, 6) is 0.0451. The SMILES string of the molecule is Cc1[nH]c2ccc(C(=O)Nc3nnc(-c4cccc(Br)c4)o3)cc2c1C. The van der Waals surface area contributed by atoms with Gasteiger partial charge in [0, 0.05) is 32.2 Å². The van der Waals surface area contributed by atoms with E-state index in [0.29, 0.717) is 11.5 Å². The number of anilines is 1. The van der Waals surface area contributed by atoms with Gasteiger partial charge in [0.05, 0.1) is 0 Å². The van der Waals surface area contributed by atoms with Gasteiger partial charge >= 0.3 is 6.01 Å². The quantitative estimate of drug-likeness (QED) is 0.505. The molecule has 0 saturated carbocycles. The molecule has 0 aliphatic carbocycles. The molecule has 7 heteroatoms. The zero-order valence-electron chi connectivity index (χ0n) is 14.1. The smallest absolute Gasteiger partial charge is 0.322 e. The molecule has 2 aromatic heterocycles. The topological polar surface area (TPSA) is 83.8 Å². The van der Waals surface area contributed by atoms with E-state index in [-0.39, 0.29) is 11.9 Å². The third-order valence-electron chi connectivity index (χ3n) is 4.29. The lowest BCUT2D eigenvalue weighted by Gasteiger charge is -2.01. The summed E-state index contributed by atoms with van der Waals surface area (Å²) in [4.78, 5) is 15.8. The van der Waals surface area contributed by atoms with E-state index in [1.165, 1.54) is 0 Å². The predicted octanol–water partition coefficient (Wildman–Crippen LogP) is 4.85. The second-order valence-corrected chi connectivity index (χ2v) is 6.93. The van der Waals surface area contributed by atoms with Crippen LogP contribution in [0.1, 0.15) is 21.6 Å². The number of benzene rings is 2. The maximum atomic E-state index is 12.5. The van der Waals surface area contributed by atoms with Crippen LogP contribution in [0, 0.1) is 13.8 Å². The fourth-order valence-electron chi connectivity index (χ4n) is 2.78. The van der Waals surface area contributed by atoms with Crippen molar-refractivity contribution in [1.29, 1.82) is 0 Å². The Hall–Kier alpha value is -2.93. The van der Waals surface area contributed by atoms with Gasteiger partial charge in [-0.05, 0) is 55.8 Å². The van der Waals surface area contributed by atoms with E-state index < -0.39 is 0 Å². The van der Waals surface area contributed by atoms with Gasteiger partial charge in [-0.25, -0.2) is 0 Å². The van der Waals surface area contributed by atoms with Gasteiger partial charge in [-0.3, -0.25) is 10.1 Å². The molecule has 0 spiro atoms. The van der Waals surface area contributed by atoms with Gasteiger partial charge in [-0.2, -0.15) is 0 Å². The molecule has 0 unspecified atom stereocenters. The van der Waals surface area contributed by atoms with Crippen molar-refractivity contribution in [1.82, 2.24) is 15.2 Å². The molecule has 0 atom stereocenters. The van der Waals surface area contributed by atoms with E-state index in [0.717, 1.165) is 32.2 Å². The molecule has 6 nitrogen and oxygen atoms in total. The Morgan fingerprint density at radius 3 is 2.81 bits per heavy atom. The minimum Gasteiger partial charge on any atom is -0.403 e. The van der Waals surface area contributed by atoms with Gasteiger partial charge in [0.15, 0.2) is 0 Å². The molecule has 2 N–H and O–H groups in total. The van der Waals surface area contributed by atoms with E-state index in [9.17, 15) is 4.79 Å². The Labute approximate surface area is 157 Å². The lowest BCUT2D eigenvalue weighted by Crippen LogP contribution is -2.12. The first-order chi connectivity index (χ1) is 12.5. The second-order valence-electron chi connectivity index (χ2n) is 6.01. The van der Waals surface area contributed by atoms with Crippen LogP contribution in [0.3, 0.4) is 0 Å². The average Bonchev–Trinajstić information content (AvgIpc) is 3.20. The van der Waals surface area contributed by atoms with Crippen LogP contribution < -0.4 is 5.32 Å². The average molecular weight is 411 g/mol. The number of H-pyrrole nitrogens is 1. The number of aromatic nitrogens is 3. The van der Waals surface area contributed by atoms with Crippen molar-refractivity contribution in [2.45, 2.75) is 13.8 Å². The maximum Gasteiger partial charge on any atom is 0.322 e. The molecular weight excluding hydrogens is 396 g/mol. The summed E-state index contributed by atoms with van der Waals surface area (Å²) in [5.41, 5.74) is 4.53. The fraction of sp³-hybridized carbons (Fsp3) is 0.105. The number of carbonyl (C=O) groups is 1. The van der Waals surface area contributed by atoms with Crippen LogP contribution in [0.5, 0.6) is 0 Å². The van der Waals surface area contributed by atoms with Gasteiger partial charge in [0.1, 0.15) is 0 Å². The number of fused-ring (bicyclic) bond motifs is 1. The molecule has 4 aromatic rings. The second kappa shape index (κ2) is 6.42. The summed E-state index contributed by atoms with van der Waals surface area (Å²) >= 11 is 3.40. The first-order valence-corrected chi connectivity index (χ1v) is 8.80. The Balaban J connectivity index is 1.58. The van der Waals surface area contributed by atoms with Crippen molar-refractivity contribution in [3.63, 3.8) is 0 Å². The largest absolute Gasteiger partial charge is 0.403 e. The van der Waals surface area contributed by atoms with Gasteiger partial charge in [-0.1, -0.05) is 27.1 Å². The molecular formula is C19H15BrN4O2. The number of carbonyl (C=O) groups excluding carboxylic acids is 1. The molecule has 26 heavy (non-hydrogen) atoms. The Bertz CT molecular complexity index is 1130. The van der Waals surface area contributed by atoms with E-state index >= 15 is 0 Å². The molecule has 4 rings (SSSR count). The van der Waals surface area contributed by atoms with Gasteiger partial charge in [0.25, 0.3) is 5.91 Å². The number of hydrogen-bond donors (Lipinski definition) is 2. The van der Waals surface area contributed by atoms with Crippen LogP contribution in [-0.4, -0.2) is 21.1 Å². The first kappa shape index (κ1) is 16.5. The summed E-state index contributed by atoms with van der Waals surface area (Å²) < 4.78 is 6.46. The Kier molecular flexibility index (Phi) is 4.08. The Morgan fingerprint density at radius 2 is 2.00 bits per heavy atom. The van der Waals surface area contributed by atoms with Crippen LogP contribution in [0.4, 0.5) is 6.01 Å². The number of amides is 1. The minimum atomic E-state index is -0.297. The standard InChI is InChI=1S/C19H15BrN4O2/c1-10-11(2)21-16-7-6-12(9-15(10)16)17(25)22-19-24-23-18(26-19)13-4-3-5-14(20)8-13/h3-9,21H,1-2H3,(H,22,24,25). The predicted molar refractivity (Wildman–Crippen MR) is 103 cm³/mol. The van der Waals surface area contributed by atoms with Crippen molar-refractivity contribution in [2.75, 3.05) is 5.32 Å². The van der Waals surface area contributed by atoms with Crippen LogP contribution >= 0.6 is 15.9 Å². The van der Waals surface area contributed by atoms with Gasteiger partial charge in [0.2, 0.25) is 5.89 Å².